The maximum atomic E-state index is 14.0. The fourth-order valence-corrected chi connectivity index (χ4v) is 10.7. The summed E-state index contributed by atoms with van der Waals surface area (Å²) in [4.78, 5) is 37.4. The zero-order valence-corrected chi connectivity index (χ0v) is 47.1. The average molecular weight is 1150 g/mol. The van der Waals surface area contributed by atoms with Gasteiger partial charge in [0.05, 0.1) is 19.8 Å². The Hall–Kier alpha value is -1.81. The van der Waals surface area contributed by atoms with Crippen LogP contribution in [0, 0.1) is 0 Å². The summed E-state index contributed by atoms with van der Waals surface area (Å²) >= 11 is 0. The molecule has 2 aliphatic heterocycles. The van der Waals surface area contributed by atoms with Crippen LogP contribution in [0.4, 0.5) is 0 Å². The van der Waals surface area contributed by atoms with Crippen molar-refractivity contribution >= 4 is 19.8 Å². The molecule has 0 spiro atoms. The van der Waals surface area contributed by atoms with E-state index >= 15 is 0 Å². The van der Waals surface area contributed by atoms with Crippen molar-refractivity contribution in [3.63, 3.8) is 0 Å². The van der Waals surface area contributed by atoms with E-state index in [0.717, 1.165) is 83.5 Å². The predicted octanol–water partition coefficient (Wildman–Crippen LogP) is 3.54. The Morgan fingerprint density at radius 1 is 0.474 bits per heavy atom. The van der Waals surface area contributed by atoms with Crippen LogP contribution in [0.2, 0.25) is 0 Å². The molecule has 0 amide bonds. The summed E-state index contributed by atoms with van der Waals surface area (Å²) in [5.41, 5.74) is 0. The summed E-state index contributed by atoms with van der Waals surface area (Å²) in [6.45, 7) is 0.981. The van der Waals surface area contributed by atoms with Gasteiger partial charge in [-0.05, 0) is 38.5 Å². The minimum atomic E-state index is -5.63. The van der Waals surface area contributed by atoms with Crippen molar-refractivity contribution in [3.05, 3.63) is 12.2 Å². The van der Waals surface area contributed by atoms with Crippen molar-refractivity contribution in [2.75, 3.05) is 26.4 Å². The van der Waals surface area contributed by atoms with Gasteiger partial charge in [-0.25, -0.2) is 4.57 Å². The second-order valence-electron chi connectivity index (χ2n) is 21.2. The first-order valence-electron chi connectivity index (χ1n) is 29.0. The molecule has 23 nitrogen and oxygen atoms in total. The van der Waals surface area contributed by atoms with Gasteiger partial charge in [-0.1, -0.05) is 148 Å². The van der Waals surface area contributed by atoms with E-state index in [-0.39, 0.29) is 12.8 Å². The molecule has 3 aliphatic rings. The van der Waals surface area contributed by atoms with Gasteiger partial charge in [-0.2, -0.15) is 0 Å². The predicted molar refractivity (Wildman–Crippen MR) is 282 cm³/mol. The largest absolute Gasteiger partial charge is 0.472 e. The molecule has 0 aromatic rings. The zero-order chi connectivity index (χ0) is 57.5. The van der Waals surface area contributed by atoms with Crippen molar-refractivity contribution in [2.45, 2.75) is 291 Å². The summed E-state index contributed by atoms with van der Waals surface area (Å²) < 4.78 is 58.0. The Balaban J connectivity index is 1.71. The van der Waals surface area contributed by atoms with Gasteiger partial charge in [0.15, 0.2) is 18.7 Å². The third-order valence-corrected chi connectivity index (χ3v) is 15.6. The minimum Gasteiger partial charge on any atom is -0.462 e. The van der Waals surface area contributed by atoms with Crippen LogP contribution in [-0.2, 0) is 51.6 Å². The van der Waals surface area contributed by atoms with Crippen LogP contribution in [0.15, 0.2) is 12.2 Å². The van der Waals surface area contributed by atoms with Gasteiger partial charge >= 0.3 is 19.8 Å². The Morgan fingerprint density at radius 2 is 0.846 bits per heavy atom. The van der Waals surface area contributed by atoms with Crippen LogP contribution >= 0.6 is 7.82 Å². The first-order valence-corrected chi connectivity index (χ1v) is 30.5. The van der Waals surface area contributed by atoms with Crippen molar-refractivity contribution in [1.82, 2.24) is 0 Å². The zero-order valence-electron chi connectivity index (χ0n) is 46.2. The molecule has 458 valence electrons. The fraction of sp³-hybridized carbons (Fsp3) is 0.926. The van der Waals surface area contributed by atoms with Crippen LogP contribution in [0.25, 0.3) is 0 Å². The van der Waals surface area contributed by atoms with E-state index in [1.165, 1.54) is 64.2 Å². The van der Waals surface area contributed by atoms with E-state index in [4.69, 9.17) is 37.5 Å². The standard InChI is InChI=1S/C54H99O23P/c1-3-5-7-9-11-13-15-17-18-19-21-22-24-26-28-30-39(57)70-34-36(72-40(58)31-29-27-25-23-20-16-14-12-10-8-6-4-2)35-71-78(68,69)77-52-50(75-53-48(66)43(61)41(59)37(32-55)73-53)46(64)45(63)47(65)51(52)76-54-49(67)44(62)42(60)38(33-56)74-54/h13,15,36-38,41-56,59-67H,3-12,14,16-35H2,1-2H3,(H,68,69)/b15-13-. The summed E-state index contributed by atoms with van der Waals surface area (Å²) in [5.74, 6) is -1.33. The number of carbonyl (C=O) groups is 2. The van der Waals surface area contributed by atoms with Gasteiger partial charge in [0.25, 0.3) is 0 Å². The van der Waals surface area contributed by atoms with Crippen molar-refractivity contribution < 1.29 is 113 Å². The van der Waals surface area contributed by atoms with Gasteiger partial charge in [-0.15, -0.1) is 0 Å². The molecular weight excluding hydrogens is 1050 g/mol. The summed E-state index contributed by atoms with van der Waals surface area (Å²) in [6.07, 6.45) is -3.68. The second kappa shape index (κ2) is 39.6. The van der Waals surface area contributed by atoms with E-state index in [0.29, 0.717) is 12.8 Å². The Labute approximate surface area is 461 Å². The molecule has 0 aromatic heterocycles. The smallest absolute Gasteiger partial charge is 0.462 e. The molecule has 0 aromatic carbocycles. The Morgan fingerprint density at radius 3 is 1.27 bits per heavy atom. The number of phosphoric acid groups is 1. The number of allylic oxidation sites excluding steroid dienone is 2. The summed E-state index contributed by atoms with van der Waals surface area (Å²) in [7, 11) is -5.63. The molecule has 3 fully saturated rings. The van der Waals surface area contributed by atoms with Gasteiger partial charge < -0.3 is 89.5 Å². The lowest BCUT2D eigenvalue weighted by atomic mass is 9.84. The van der Waals surface area contributed by atoms with Crippen molar-refractivity contribution in [2.24, 2.45) is 0 Å². The number of aliphatic hydroxyl groups excluding tert-OH is 11. The normalized spacial score (nSPS) is 31.8. The fourth-order valence-electron chi connectivity index (χ4n) is 9.70. The molecule has 16 unspecified atom stereocenters. The molecule has 16 atom stereocenters. The molecular formula is C54H99O23P. The van der Waals surface area contributed by atoms with E-state index < -0.39 is 150 Å². The van der Waals surface area contributed by atoms with Gasteiger partial charge in [-0.3, -0.25) is 18.6 Å². The average Bonchev–Trinajstić information content (AvgIpc) is 3.47. The van der Waals surface area contributed by atoms with Gasteiger partial charge in [0, 0.05) is 12.8 Å². The molecule has 1 aliphatic carbocycles. The van der Waals surface area contributed by atoms with Gasteiger partial charge in [0.1, 0.15) is 92.1 Å². The molecule has 3 rings (SSSR count). The molecule has 24 heteroatoms. The quantitative estimate of drug-likeness (QED) is 0.0180. The highest BCUT2D eigenvalue weighted by molar-refractivity contribution is 7.47. The summed E-state index contributed by atoms with van der Waals surface area (Å²) in [6, 6.07) is 0. The Bertz CT molecular complexity index is 1610. The first-order chi connectivity index (χ1) is 37.4. The van der Waals surface area contributed by atoms with E-state index in [1.807, 2.05) is 0 Å². The van der Waals surface area contributed by atoms with Crippen LogP contribution in [0.3, 0.4) is 0 Å². The van der Waals surface area contributed by atoms with E-state index in [9.17, 15) is 75.2 Å². The van der Waals surface area contributed by atoms with E-state index in [1.54, 1.807) is 0 Å². The third kappa shape index (κ3) is 25.4. The first kappa shape index (κ1) is 70.5. The number of rotatable bonds is 42. The van der Waals surface area contributed by atoms with E-state index in [2.05, 4.69) is 26.0 Å². The number of aliphatic hydroxyl groups is 11. The lowest BCUT2D eigenvalue weighted by Crippen LogP contribution is -2.69. The third-order valence-electron chi connectivity index (χ3n) is 14.6. The van der Waals surface area contributed by atoms with Crippen LogP contribution in [0.1, 0.15) is 187 Å². The Kier molecular flexibility index (Phi) is 35.8. The summed E-state index contributed by atoms with van der Waals surface area (Å²) in [5, 5.41) is 116. The number of esters is 2. The highest BCUT2D eigenvalue weighted by atomic mass is 31.2. The molecule has 2 saturated heterocycles. The SMILES string of the molecule is CCCCCC/C=C\CCCCCCCCCC(=O)OCC(COP(=O)(O)OC1C(OC2OC(CO)C(O)C(O)C2O)C(O)C(O)C(O)C1OC1OC(CO)C(O)C(O)C1O)OC(=O)CCCCCCCCCCCCCC. The highest BCUT2D eigenvalue weighted by Crippen LogP contribution is 2.49. The molecule has 0 bridgehead atoms. The van der Waals surface area contributed by atoms with Gasteiger partial charge in [0.2, 0.25) is 0 Å². The minimum absolute atomic E-state index is 0.0287. The molecule has 2 heterocycles. The number of carbonyl (C=O) groups excluding carboxylic acids is 2. The number of phosphoric ester groups is 1. The lowest BCUT2D eigenvalue weighted by Gasteiger charge is -2.49. The highest BCUT2D eigenvalue weighted by Gasteiger charge is 2.58. The number of ether oxygens (including phenoxy) is 6. The van der Waals surface area contributed by atoms with Crippen LogP contribution < -0.4 is 0 Å². The second-order valence-corrected chi connectivity index (χ2v) is 22.6. The molecule has 78 heavy (non-hydrogen) atoms. The monoisotopic (exact) mass is 1150 g/mol. The number of unbranched alkanes of at least 4 members (excludes halogenated alkanes) is 22. The molecule has 12 N–H and O–H groups in total. The lowest BCUT2D eigenvalue weighted by molar-refractivity contribution is -0.360. The molecule has 1 saturated carbocycles. The molecule has 0 radical (unpaired) electrons. The maximum Gasteiger partial charge on any atom is 0.472 e. The van der Waals surface area contributed by atoms with Crippen LogP contribution in [-0.4, -0.2) is 204 Å². The maximum absolute atomic E-state index is 14.0. The topological polar surface area (TPSA) is 368 Å². The van der Waals surface area contributed by atoms with Crippen molar-refractivity contribution in [1.29, 1.82) is 0 Å². The number of hydrogen-bond acceptors (Lipinski definition) is 22. The van der Waals surface area contributed by atoms with Crippen molar-refractivity contribution in [3.8, 4) is 0 Å². The number of hydrogen-bond donors (Lipinski definition) is 12. The van der Waals surface area contributed by atoms with Crippen LogP contribution in [0.5, 0.6) is 0 Å².